The van der Waals surface area contributed by atoms with Gasteiger partial charge in [-0.05, 0) is 43.0 Å². The molecule has 1 N–H and O–H groups in total. The highest BCUT2D eigenvalue weighted by Gasteiger charge is 2.28. The molecule has 0 aliphatic heterocycles. The van der Waals surface area contributed by atoms with Gasteiger partial charge >= 0.3 is 5.97 Å². The molecule has 1 aliphatic rings. The topological polar surface area (TPSA) is 68.3 Å². The second kappa shape index (κ2) is 5.99. The average molecular weight is 358 g/mol. The van der Waals surface area contributed by atoms with Crippen LogP contribution in [-0.4, -0.2) is 24.0 Å². The van der Waals surface area contributed by atoms with Crippen LogP contribution in [0.1, 0.15) is 37.6 Å². The normalized spacial score (nSPS) is 13.0. The SMILES string of the molecule is COC(=O)c1c(NC(=O)c2ccc3ncsc3c2)sc2c1CCC2. The van der Waals surface area contributed by atoms with Crippen LogP contribution in [0.3, 0.4) is 0 Å². The van der Waals surface area contributed by atoms with E-state index in [1.54, 1.807) is 11.6 Å². The lowest BCUT2D eigenvalue weighted by Gasteiger charge is -2.07. The highest BCUT2D eigenvalue weighted by Crippen LogP contribution is 2.39. The number of anilines is 1. The van der Waals surface area contributed by atoms with E-state index in [9.17, 15) is 9.59 Å². The van der Waals surface area contributed by atoms with Gasteiger partial charge in [-0.1, -0.05) is 0 Å². The molecular weight excluding hydrogens is 344 g/mol. The first-order valence-corrected chi connectivity index (χ1v) is 9.24. The molecule has 1 amide bonds. The Hall–Kier alpha value is -2.25. The number of benzene rings is 1. The molecule has 0 saturated heterocycles. The molecule has 2 aromatic heterocycles. The zero-order chi connectivity index (χ0) is 16.7. The molecule has 7 heteroatoms. The minimum atomic E-state index is -0.386. The standard InChI is InChI=1S/C17H14N2O3S2/c1-22-17(21)14-10-3-2-4-12(10)24-16(14)19-15(20)9-5-6-11-13(7-9)23-8-18-11/h5-8H,2-4H2,1H3,(H,19,20). The Labute approximate surface area is 146 Å². The van der Waals surface area contributed by atoms with Gasteiger partial charge in [0.1, 0.15) is 5.00 Å². The van der Waals surface area contributed by atoms with Gasteiger partial charge in [0.2, 0.25) is 0 Å². The summed E-state index contributed by atoms with van der Waals surface area (Å²) in [6, 6.07) is 5.40. The van der Waals surface area contributed by atoms with Crippen LogP contribution < -0.4 is 5.32 Å². The number of nitrogens with one attached hydrogen (secondary N) is 1. The van der Waals surface area contributed by atoms with Gasteiger partial charge in [0, 0.05) is 10.4 Å². The minimum Gasteiger partial charge on any atom is -0.465 e. The van der Waals surface area contributed by atoms with Gasteiger partial charge in [0.15, 0.2) is 0 Å². The summed E-state index contributed by atoms with van der Waals surface area (Å²) >= 11 is 2.97. The molecule has 0 fully saturated rings. The third kappa shape index (κ3) is 2.50. The lowest BCUT2D eigenvalue weighted by Crippen LogP contribution is -2.14. The van der Waals surface area contributed by atoms with Crippen molar-refractivity contribution in [2.75, 3.05) is 12.4 Å². The predicted molar refractivity (Wildman–Crippen MR) is 95.3 cm³/mol. The number of thiazole rings is 1. The number of fused-ring (bicyclic) bond motifs is 2. The highest BCUT2D eigenvalue weighted by atomic mass is 32.1. The Bertz CT molecular complexity index is 958. The van der Waals surface area contributed by atoms with E-state index in [1.807, 2.05) is 12.1 Å². The van der Waals surface area contributed by atoms with Crippen molar-refractivity contribution in [3.8, 4) is 0 Å². The average Bonchev–Trinajstić information content (AvgIpc) is 3.28. The molecular formula is C17H14N2O3S2. The number of thiophene rings is 1. The number of rotatable bonds is 3. The second-order valence-electron chi connectivity index (χ2n) is 5.54. The predicted octanol–water partition coefficient (Wildman–Crippen LogP) is 3.89. The summed E-state index contributed by atoms with van der Waals surface area (Å²) in [6.45, 7) is 0. The van der Waals surface area contributed by atoms with Crippen molar-refractivity contribution in [3.63, 3.8) is 0 Å². The fraction of sp³-hybridized carbons (Fsp3) is 0.235. The second-order valence-corrected chi connectivity index (χ2v) is 7.53. The van der Waals surface area contributed by atoms with E-state index in [0.717, 1.165) is 35.0 Å². The van der Waals surface area contributed by atoms with Crippen LogP contribution in [0.15, 0.2) is 23.7 Å². The van der Waals surface area contributed by atoms with Crippen LogP contribution in [0.2, 0.25) is 0 Å². The van der Waals surface area contributed by atoms with Gasteiger partial charge < -0.3 is 10.1 Å². The number of nitrogens with zero attached hydrogens (tertiary/aromatic N) is 1. The zero-order valence-corrected chi connectivity index (χ0v) is 14.6. The molecule has 4 rings (SSSR count). The van der Waals surface area contributed by atoms with Gasteiger partial charge in [0.25, 0.3) is 5.91 Å². The summed E-state index contributed by atoms with van der Waals surface area (Å²) < 4.78 is 5.87. The third-order valence-corrected chi connectivity index (χ3v) is 6.13. The summed E-state index contributed by atoms with van der Waals surface area (Å²) in [5, 5.41) is 3.48. The molecule has 0 unspecified atom stereocenters. The van der Waals surface area contributed by atoms with Crippen molar-refractivity contribution < 1.29 is 14.3 Å². The number of hydrogen-bond donors (Lipinski definition) is 1. The monoisotopic (exact) mass is 358 g/mol. The fourth-order valence-corrected chi connectivity index (χ4v) is 4.97. The molecule has 0 radical (unpaired) electrons. The molecule has 3 aromatic rings. The Balaban J connectivity index is 1.67. The van der Waals surface area contributed by atoms with Crippen molar-refractivity contribution in [1.82, 2.24) is 4.98 Å². The first-order valence-electron chi connectivity index (χ1n) is 7.55. The number of aromatic nitrogens is 1. The van der Waals surface area contributed by atoms with Crippen LogP contribution in [-0.2, 0) is 17.6 Å². The van der Waals surface area contributed by atoms with E-state index in [1.165, 1.54) is 34.7 Å². The van der Waals surface area contributed by atoms with Crippen molar-refractivity contribution in [2.45, 2.75) is 19.3 Å². The molecule has 2 heterocycles. The minimum absolute atomic E-state index is 0.227. The number of ether oxygens (including phenoxy) is 1. The molecule has 122 valence electrons. The van der Waals surface area contributed by atoms with E-state index in [4.69, 9.17) is 4.74 Å². The van der Waals surface area contributed by atoms with E-state index >= 15 is 0 Å². The Morgan fingerprint density at radius 2 is 2.17 bits per heavy atom. The largest absolute Gasteiger partial charge is 0.465 e. The van der Waals surface area contributed by atoms with Crippen LogP contribution >= 0.6 is 22.7 Å². The summed E-state index contributed by atoms with van der Waals surface area (Å²) in [5.74, 6) is -0.613. The van der Waals surface area contributed by atoms with Crippen molar-refractivity contribution in [2.24, 2.45) is 0 Å². The van der Waals surface area contributed by atoms with Crippen LogP contribution in [0, 0.1) is 0 Å². The number of hydrogen-bond acceptors (Lipinski definition) is 6. The summed E-state index contributed by atoms with van der Waals surface area (Å²) in [5.41, 5.74) is 4.73. The van der Waals surface area contributed by atoms with Gasteiger partial charge in [0.05, 0.1) is 28.4 Å². The number of carbonyl (C=O) groups excluding carboxylic acids is 2. The molecule has 0 atom stereocenters. The molecule has 24 heavy (non-hydrogen) atoms. The quantitative estimate of drug-likeness (QED) is 0.721. The molecule has 1 aliphatic carbocycles. The maximum absolute atomic E-state index is 12.6. The van der Waals surface area contributed by atoms with Crippen LogP contribution in [0.4, 0.5) is 5.00 Å². The summed E-state index contributed by atoms with van der Waals surface area (Å²) in [4.78, 5) is 30.1. The number of carbonyl (C=O) groups is 2. The van der Waals surface area contributed by atoms with Gasteiger partial charge in [-0.3, -0.25) is 4.79 Å². The number of methoxy groups -OCH3 is 1. The van der Waals surface area contributed by atoms with E-state index in [2.05, 4.69) is 10.3 Å². The van der Waals surface area contributed by atoms with Gasteiger partial charge in [-0.2, -0.15) is 0 Å². The third-order valence-electron chi connectivity index (χ3n) is 4.13. The lowest BCUT2D eigenvalue weighted by atomic mass is 10.1. The molecule has 0 spiro atoms. The van der Waals surface area contributed by atoms with E-state index < -0.39 is 0 Å². The fourth-order valence-electron chi connectivity index (χ4n) is 2.98. The van der Waals surface area contributed by atoms with E-state index in [0.29, 0.717) is 16.1 Å². The van der Waals surface area contributed by atoms with Crippen LogP contribution in [0.25, 0.3) is 10.2 Å². The van der Waals surface area contributed by atoms with Crippen molar-refractivity contribution in [3.05, 3.63) is 45.3 Å². The first-order chi connectivity index (χ1) is 11.7. The first kappa shape index (κ1) is 15.3. The molecule has 1 aromatic carbocycles. The summed E-state index contributed by atoms with van der Waals surface area (Å²) in [7, 11) is 1.37. The van der Waals surface area contributed by atoms with Crippen LogP contribution in [0.5, 0.6) is 0 Å². The maximum Gasteiger partial charge on any atom is 0.341 e. The smallest absolute Gasteiger partial charge is 0.341 e. The zero-order valence-electron chi connectivity index (χ0n) is 12.9. The molecule has 0 saturated carbocycles. The molecule has 5 nitrogen and oxygen atoms in total. The Kier molecular flexibility index (Phi) is 3.82. The maximum atomic E-state index is 12.6. The highest BCUT2D eigenvalue weighted by molar-refractivity contribution is 7.17. The van der Waals surface area contributed by atoms with Gasteiger partial charge in [-0.25, -0.2) is 9.78 Å². The number of amides is 1. The van der Waals surface area contributed by atoms with E-state index in [-0.39, 0.29) is 11.9 Å². The number of esters is 1. The van der Waals surface area contributed by atoms with Crippen molar-refractivity contribution in [1.29, 1.82) is 0 Å². The molecule has 0 bridgehead atoms. The summed E-state index contributed by atoms with van der Waals surface area (Å²) in [6.07, 6.45) is 2.85. The van der Waals surface area contributed by atoms with Crippen molar-refractivity contribution >= 4 is 49.8 Å². The Morgan fingerprint density at radius 3 is 3.00 bits per heavy atom. The Morgan fingerprint density at radius 1 is 1.29 bits per heavy atom. The number of aryl methyl sites for hydroxylation is 1. The lowest BCUT2D eigenvalue weighted by molar-refractivity contribution is 0.0601. The van der Waals surface area contributed by atoms with Gasteiger partial charge in [-0.15, -0.1) is 22.7 Å².